The molecule has 1 aromatic carbocycles. The van der Waals surface area contributed by atoms with Gasteiger partial charge in [0, 0.05) is 10.2 Å². The maximum absolute atomic E-state index is 10.9. The van der Waals surface area contributed by atoms with E-state index < -0.39 is 5.97 Å². The molecule has 0 spiro atoms. The van der Waals surface area contributed by atoms with Gasteiger partial charge < -0.3 is 14.8 Å². The number of halogens is 1. The molecule has 94 valence electrons. The number of rotatable bonds is 4. The van der Waals surface area contributed by atoms with Crippen molar-refractivity contribution in [1.29, 1.82) is 0 Å². The van der Waals surface area contributed by atoms with Gasteiger partial charge in [-0.1, -0.05) is 6.07 Å². The first kappa shape index (κ1) is 12.7. The normalized spacial score (nSPS) is 10.3. The van der Waals surface area contributed by atoms with Gasteiger partial charge in [0.15, 0.2) is 0 Å². The van der Waals surface area contributed by atoms with Gasteiger partial charge in [-0.25, -0.2) is 4.79 Å². The number of hydrogen-bond acceptors (Lipinski definition) is 3. The highest BCUT2D eigenvalue weighted by molar-refractivity contribution is 9.10. The number of furan rings is 1. The van der Waals surface area contributed by atoms with Crippen molar-refractivity contribution in [3.8, 4) is 0 Å². The number of carbonyl (C=O) groups is 1. The van der Waals surface area contributed by atoms with Gasteiger partial charge in [0.25, 0.3) is 0 Å². The van der Waals surface area contributed by atoms with Crippen molar-refractivity contribution in [2.75, 3.05) is 5.32 Å². The fourth-order valence-corrected chi connectivity index (χ4v) is 2.00. The lowest BCUT2D eigenvalue weighted by molar-refractivity contribution is 0.0694. The van der Waals surface area contributed by atoms with E-state index in [0.717, 1.165) is 15.7 Å². The molecule has 0 fully saturated rings. The minimum atomic E-state index is -0.983. The van der Waals surface area contributed by atoms with Crippen LogP contribution in [0.4, 0.5) is 5.69 Å². The van der Waals surface area contributed by atoms with Crippen LogP contribution in [-0.2, 0) is 6.54 Å². The van der Waals surface area contributed by atoms with E-state index in [1.165, 1.54) is 12.3 Å². The van der Waals surface area contributed by atoms with Gasteiger partial charge in [0.2, 0.25) is 0 Å². The number of anilines is 1. The maximum atomic E-state index is 10.9. The van der Waals surface area contributed by atoms with Crippen LogP contribution in [0.3, 0.4) is 0 Å². The van der Waals surface area contributed by atoms with E-state index in [2.05, 4.69) is 21.2 Å². The molecule has 0 radical (unpaired) electrons. The molecular formula is C13H12BrNO3. The van der Waals surface area contributed by atoms with Crippen molar-refractivity contribution in [3.63, 3.8) is 0 Å². The SMILES string of the molecule is Cc1ccc(Br)c(NCc2occc2C(=O)O)c1. The maximum Gasteiger partial charge on any atom is 0.339 e. The van der Waals surface area contributed by atoms with E-state index in [1.54, 1.807) is 0 Å². The summed E-state index contributed by atoms with van der Waals surface area (Å²) < 4.78 is 6.09. The molecule has 0 amide bonds. The Balaban J connectivity index is 2.14. The lowest BCUT2D eigenvalue weighted by Gasteiger charge is -2.08. The quantitative estimate of drug-likeness (QED) is 0.904. The van der Waals surface area contributed by atoms with Crippen LogP contribution in [0.2, 0.25) is 0 Å². The predicted molar refractivity (Wildman–Crippen MR) is 71.9 cm³/mol. The molecule has 0 aliphatic carbocycles. The van der Waals surface area contributed by atoms with Crippen molar-refractivity contribution >= 4 is 27.6 Å². The van der Waals surface area contributed by atoms with Crippen LogP contribution in [0.5, 0.6) is 0 Å². The third-order valence-electron chi connectivity index (χ3n) is 2.54. The van der Waals surface area contributed by atoms with E-state index in [9.17, 15) is 4.79 Å². The van der Waals surface area contributed by atoms with Gasteiger partial charge in [-0.15, -0.1) is 0 Å². The summed E-state index contributed by atoms with van der Waals surface area (Å²) in [6.07, 6.45) is 1.38. The fourth-order valence-electron chi connectivity index (χ4n) is 1.62. The van der Waals surface area contributed by atoms with Gasteiger partial charge in [0.1, 0.15) is 11.3 Å². The monoisotopic (exact) mass is 309 g/mol. The van der Waals surface area contributed by atoms with Gasteiger partial charge in [0.05, 0.1) is 12.8 Å². The number of nitrogens with one attached hydrogen (secondary N) is 1. The van der Waals surface area contributed by atoms with Crippen LogP contribution in [0.15, 0.2) is 39.4 Å². The molecule has 0 unspecified atom stereocenters. The summed E-state index contributed by atoms with van der Waals surface area (Å²) in [4.78, 5) is 10.9. The molecule has 0 aliphatic heterocycles. The lowest BCUT2D eigenvalue weighted by Crippen LogP contribution is -2.05. The van der Waals surface area contributed by atoms with Gasteiger partial charge in [-0.2, -0.15) is 0 Å². The average Bonchev–Trinajstić information content (AvgIpc) is 2.79. The Kier molecular flexibility index (Phi) is 3.72. The molecule has 0 bridgehead atoms. The van der Waals surface area contributed by atoms with E-state index in [0.29, 0.717) is 12.3 Å². The molecule has 4 nitrogen and oxygen atoms in total. The predicted octanol–water partition coefficient (Wildman–Crippen LogP) is 3.66. The summed E-state index contributed by atoms with van der Waals surface area (Å²) in [5, 5.41) is 12.1. The standard InChI is InChI=1S/C13H12BrNO3/c1-8-2-3-10(14)11(6-8)15-7-12-9(13(16)17)4-5-18-12/h2-6,15H,7H2,1H3,(H,16,17). The van der Waals surface area contributed by atoms with Crippen molar-refractivity contribution < 1.29 is 14.3 Å². The molecule has 1 heterocycles. The summed E-state index contributed by atoms with van der Waals surface area (Å²) in [5.41, 5.74) is 2.22. The Labute approximate surface area is 113 Å². The molecule has 1 aromatic heterocycles. The Morgan fingerprint density at radius 1 is 1.44 bits per heavy atom. The van der Waals surface area contributed by atoms with Crippen molar-refractivity contribution in [2.45, 2.75) is 13.5 Å². The molecule has 0 saturated carbocycles. The summed E-state index contributed by atoms with van der Waals surface area (Å²) in [6, 6.07) is 7.36. The first-order valence-corrected chi connectivity index (χ1v) is 6.17. The number of aromatic carboxylic acids is 1. The van der Waals surface area contributed by atoms with Crippen LogP contribution < -0.4 is 5.32 Å². The zero-order valence-electron chi connectivity index (χ0n) is 9.74. The van der Waals surface area contributed by atoms with Crippen molar-refractivity contribution in [1.82, 2.24) is 0 Å². The summed E-state index contributed by atoms with van der Waals surface area (Å²) in [7, 11) is 0. The van der Waals surface area contributed by atoms with E-state index in [4.69, 9.17) is 9.52 Å². The molecule has 0 saturated heterocycles. The second-order valence-corrected chi connectivity index (χ2v) is 4.75. The van der Waals surface area contributed by atoms with Gasteiger partial charge >= 0.3 is 5.97 Å². The van der Waals surface area contributed by atoms with Crippen LogP contribution in [0, 0.1) is 6.92 Å². The van der Waals surface area contributed by atoms with Crippen LogP contribution in [0.1, 0.15) is 21.7 Å². The average molecular weight is 310 g/mol. The Bertz CT molecular complexity index is 577. The summed E-state index contributed by atoms with van der Waals surface area (Å²) >= 11 is 3.43. The van der Waals surface area contributed by atoms with Crippen LogP contribution >= 0.6 is 15.9 Å². The van der Waals surface area contributed by atoms with Crippen LogP contribution in [-0.4, -0.2) is 11.1 Å². The minimum absolute atomic E-state index is 0.186. The zero-order valence-corrected chi connectivity index (χ0v) is 11.3. The highest BCUT2D eigenvalue weighted by atomic mass is 79.9. The van der Waals surface area contributed by atoms with Gasteiger partial charge in [-0.3, -0.25) is 0 Å². The molecule has 2 N–H and O–H groups in total. The molecule has 0 atom stereocenters. The third-order valence-corrected chi connectivity index (χ3v) is 3.23. The number of carboxylic acid groups (broad SMARTS) is 1. The van der Waals surface area contributed by atoms with E-state index >= 15 is 0 Å². The van der Waals surface area contributed by atoms with E-state index in [1.807, 2.05) is 25.1 Å². The largest absolute Gasteiger partial charge is 0.478 e. The summed E-state index contributed by atoms with van der Waals surface area (Å²) in [5.74, 6) is -0.570. The van der Waals surface area contributed by atoms with Crippen molar-refractivity contribution in [2.24, 2.45) is 0 Å². The number of carboxylic acids is 1. The van der Waals surface area contributed by atoms with Gasteiger partial charge in [-0.05, 0) is 46.6 Å². The third kappa shape index (κ3) is 2.73. The molecular weight excluding hydrogens is 298 g/mol. The first-order chi connectivity index (χ1) is 8.58. The highest BCUT2D eigenvalue weighted by Gasteiger charge is 2.13. The minimum Gasteiger partial charge on any atom is -0.478 e. The smallest absolute Gasteiger partial charge is 0.339 e. The Hall–Kier alpha value is -1.75. The number of benzene rings is 1. The first-order valence-electron chi connectivity index (χ1n) is 5.37. The second kappa shape index (κ2) is 5.27. The molecule has 5 heteroatoms. The second-order valence-electron chi connectivity index (χ2n) is 3.90. The number of aryl methyl sites for hydroxylation is 1. The number of hydrogen-bond donors (Lipinski definition) is 2. The topological polar surface area (TPSA) is 62.5 Å². The van der Waals surface area contributed by atoms with E-state index in [-0.39, 0.29) is 5.56 Å². The van der Waals surface area contributed by atoms with Crippen LogP contribution in [0.25, 0.3) is 0 Å². The summed E-state index contributed by atoms with van der Waals surface area (Å²) in [6.45, 7) is 2.32. The highest BCUT2D eigenvalue weighted by Crippen LogP contribution is 2.24. The Morgan fingerprint density at radius 3 is 2.94 bits per heavy atom. The molecule has 2 rings (SSSR count). The lowest BCUT2D eigenvalue weighted by atomic mass is 10.2. The molecule has 0 aliphatic rings. The molecule has 2 aromatic rings. The molecule has 18 heavy (non-hydrogen) atoms. The Morgan fingerprint density at radius 2 is 2.22 bits per heavy atom. The fraction of sp³-hybridized carbons (Fsp3) is 0.154. The van der Waals surface area contributed by atoms with Crippen molar-refractivity contribution in [3.05, 3.63) is 51.9 Å². The zero-order chi connectivity index (χ0) is 13.1.